The molecule has 3 aromatic rings. The van der Waals surface area contributed by atoms with Crippen LogP contribution in [0.4, 0.5) is 4.79 Å². The number of aromatic nitrogens is 3. The molecule has 0 radical (unpaired) electrons. The zero-order valence-electron chi connectivity index (χ0n) is 15.4. The van der Waals surface area contributed by atoms with Gasteiger partial charge in [-0.05, 0) is 31.9 Å². The predicted octanol–water partition coefficient (Wildman–Crippen LogP) is 3.16. The van der Waals surface area contributed by atoms with E-state index in [0.29, 0.717) is 10.7 Å². The molecule has 1 aliphatic carbocycles. The van der Waals surface area contributed by atoms with Gasteiger partial charge >= 0.3 is 6.09 Å². The summed E-state index contributed by atoms with van der Waals surface area (Å²) in [6.45, 7) is 0. The maximum absolute atomic E-state index is 12.0. The van der Waals surface area contributed by atoms with E-state index in [-0.39, 0.29) is 12.1 Å². The number of nitrogens with zero attached hydrogens (tertiary/aromatic N) is 3. The van der Waals surface area contributed by atoms with Crippen LogP contribution in [0, 0.1) is 0 Å². The van der Waals surface area contributed by atoms with Gasteiger partial charge in [0.1, 0.15) is 0 Å². The summed E-state index contributed by atoms with van der Waals surface area (Å²) in [7, 11) is 0. The van der Waals surface area contributed by atoms with E-state index in [4.69, 9.17) is 15.8 Å². The summed E-state index contributed by atoms with van der Waals surface area (Å²) in [5.74, 6) is -0.469. The molecule has 0 aliphatic heterocycles. The van der Waals surface area contributed by atoms with E-state index in [9.17, 15) is 9.59 Å². The Morgan fingerprint density at radius 2 is 2.04 bits per heavy atom. The molecule has 28 heavy (non-hydrogen) atoms. The lowest BCUT2D eigenvalue weighted by Gasteiger charge is -2.30. The molecule has 1 saturated carbocycles. The van der Waals surface area contributed by atoms with Crippen molar-refractivity contribution in [1.82, 2.24) is 19.9 Å². The molecule has 0 atom stereocenters. The molecule has 1 aromatic carbocycles. The summed E-state index contributed by atoms with van der Waals surface area (Å²) < 4.78 is 2.10. The molecule has 4 rings (SSSR count). The van der Waals surface area contributed by atoms with Gasteiger partial charge in [-0.1, -0.05) is 23.9 Å². The molecule has 0 bridgehead atoms. The maximum atomic E-state index is 12.0. The largest absolute Gasteiger partial charge is 0.465 e. The fourth-order valence-corrected chi connectivity index (χ4v) is 4.41. The van der Waals surface area contributed by atoms with Crippen molar-refractivity contribution < 1.29 is 14.7 Å². The summed E-state index contributed by atoms with van der Waals surface area (Å²) in [5, 5.41) is 13.9. The van der Waals surface area contributed by atoms with Crippen LogP contribution in [-0.4, -0.2) is 43.9 Å². The van der Waals surface area contributed by atoms with E-state index < -0.39 is 12.0 Å². The van der Waals surface area contributed by atoms with Gasteiger partial charge in [-0.15, -0.1) is 0 Å². The molecule has 9 heteroatoms. The normalized spacial score (nSPS) is 19.8. The van der Waals surface area contributed by atoms with E-state index in [1.165, 1.54) is 11.8 Å². The summed E-state index contributed by atoms with van der Waals surface area (Å²) in [6, 6.07) is 3.93. The third-order valence-corrected chi connectivity index (χ3v) is 5.95. The minimum Gasteiger partial charge on any atom is -0.465 e. The van der Waals surface area contributed by atoms with Gasteiger partial charge in [-0.2, -0.15) is 0 Å². The highest BCUT2D eigenvalue weighted by Crippen LogP contribution is 2.36. The molecule has 2 aromatic heterocycles. The monoisotopic (exact) mass is 399 g/mol. The van der Waals surface area contributed by atoms with E-state index in [2.05, 4.69) is 14.9 Å². The van der Waals surface area contributed by atoms with Crippen LogP contribution < -0.4 is 11.1 Å². The van der Waals surface area contributed by atoms with Crippen LogP contribution in [0.25, 0.3) is 21.8 Å². The van der Waals surface area contributed by atoms with Crippen molar-refractivity contribution in [1.29, 1.82) is 0 Å². The average molecular weight is 399 g/mol. The van der Waals surface area contributed by atoms with Crippen LogP contribution >= 0.6 is 11.8 Å². The van der Waals surface area contributed by atoms with Crippen LogP contribution in [0.1, 0.15) is 42.1 Å². The van der Waals surface area contributed by atoms with Crippen LogP contribution in [0.2, 0.25) is 0 Å². The summed E-state index contributed by atoms with van der Waals surface area (Å²) in [4.78, 5) is 32.0. The zero-order chi connectivity index (χ0) is 19.8. The SMILES string of the molecule is CSc1ncc2ccc3c(C(N)=O)cn([C@H]4CC[C@@H](NC(=O)O)CC4)c3c2n1. The third kappa shape index (κ3) is 3.26. The second-order valence-corrected chi connectivity index (χ2v) is 7.80. The number of benzene rings is 1. The van der Waals surface area contributed by atoms with Crippen molar-refractivity contribution in [2.45, 2.75) is 42.9 Å². The molecule has 1 aliphatic rings. The molecule has 4 N–H and O–H groups in total. The van der Waals surface area contributed by atoms with Crippen molar-refractivity contribution in [2.24, 2.45) is 5.73 Å². The number of carbonyl (C=O) groups is 2. The molecule has 0 unspecified atom stereocenters. The van der Waals surface area contributed by atoms with Gasteiger partial charge in [0.05, 0.1) is 16.6 Å². The lowest BCUT2D eigenvalue weighted by atomic mass is 9.91. The average Bonchev–Trinajstić information content (AvgIpc) is 3.08. The van der Waals surface area contributed by atoms with Crippen LogP contribution in [-0.2, 0) is 0 Å². The standard InChI is InChI=1S/C19H21N5O3S/c1-28-18-21-8-10-2-7-13-14(17(20)25)9-24(16(13)15(10)23-18)12-5-3-11(4-6-12)22-19(26)27/h2,7-9,11-12,22H,3-6H2,1H3,(H2,20,25)(H,26,27)/t11-,12+. The summed E-state index contributed by atoms with van der Waals surface area (Å²) in [6.07, 6.45) is 7.67. The van der Waals surface area contributed by atoms with Crippen molar-refractivity contribution in [2.75, 3.05) is 6.26 Å². The number of nitrogens with two attached hydrogens (primary N) is 1. The van der Waals surface area contributed by atoms with Crippen molar-refractivity contribution >= 4 is 45.6 Å². The molecule has 0 saturated heterocycles. The molecule has 1 fully saturated rings. The molecular weight excluding hydrogens is 378 g/mol. The minimum atomic E-state index is -0.988. The lowest BCUT2D eigenvalue weighted by molar-refractivity contribution is 0.100. The Hall–Kier alpha value is -2.81. The molecule has 8 nitrogen and oxygen atoms in total. The number of primary amides is 1. The van der Waals surface area contributed by atoms with Crippen molar-refractivity contribution in [3.8, 4) is 0 Å². The Bertz CT molecular complexity index is 1070. The number of nitrogens with one attached hydrogen (secondary N) is 1. The first-order valence-electron chi connectivity index (χ1n) is 9.11. The van der Waals surface area contributed by atoms with Gasteiger partial charge in [0, 0.05) is 35.2 Å². The lowest BCUT2D eigenvalue weighted by Crippen LogP contribution is -2.36. The first-order valence-corrected chi connectivity index (χ1v) is 10.3. The summed E-state index contributed by atoms with van der Waals surface area (Å²) in [5.41, 5.74) is 7.80. The first-order chi connectivity index (χ1) is 13.5. The van der Waals surface area contributed by atoms with E-state index in [1.807, 2.05) is 24.6 Å². The fourth-order valence-electron chi connectivity index (χ4n) is 4.07. The Morgan fingerprint density at radius 3 is 2.68 bits per heavy atom. The molecule has 2 amide bonds. The third-order valence-electron chi connectivity index (χ3n) is 5.39. The highest BCUT2D eigenvalue weighted by molar-refractivity contribution is 7.98. The number of carboxylic acid groups (broad SMARTS) is 1. The number of thioether (sulfide) groups is 1. The van der Waals surface area contributed by atoms with Gasteiger partial charge in [-0.3, -0.25) is 4.79 Å². The second kappa shape index (κ2) is 7.31. The minimum absolute atomic E-state index is 0.0339. The maximum Gasteiger partial charge on any atom is 0.404 e. The predicted molar refractivity (Wildman–Crippen MR) is 108 cm³/mol. The highest BCUT2D eigenvalue weighted by atomic mass is 32.2. The smallest absolute Gasteiger partial charge is 0.404 e. The number of amides is 2. The van der Waals surface area contributed by atoms with E-state index in [1.54, 1.807) is 6.20 Å². The topological polar surface area (TPSA) is 123 Å². The molecule has 2 heterocycles. The molecule has 146 valence electrons. The van der Waals surface area contributed by atoms with Gasteiger partial charge in [0.2, 0.25) is 0 Å². The molecular formula is C19H21N5O3S. The van der Waals surface area contributed by atoms with E-state index in [0.717, 1.165) is 47.5 Å². The van der Waals surface area contributed by atoms with Crippen molar-refractivity contribution in [3.05, 3.63) is 30.1 Å². The number of hydrogen-bond donors (Lipinski definition) is 3. The van der Waals surface area contributed by atoms with Gasteiger partial charge in [-0.25, -0.2) is 14.8 Å². The number of rotatable bonds is 4. The highest BCUT2D eigenvalue weighted by Gasteiger charge is 2.26. The van der Waals surface area contributed by atoms with Crippen LogP contribution in [0.5, 0.6) is 0 Å². The zero-order valence-corrected chi connectivity index (χ0v) is 16.2. The van der Waals surface area contributed by atoms with Gasteiger partial charge in [0.15, 0.2) is 5.16 Å². The Labute approximate surface area is 165 Å². The second-order valence-electron chi connectivity index (χ2n) is 7.03. The van der Waals surface area contributed by atoms with Gasteiger partial charge < -0.3 is 20.7 Å². The number of carbonyl (C=O) groups excluding carboxylic acids is 1. The Balaban J connectivity index is 1.82. The van der Waals surface area contributed by atoms with Gasteiger partial charge in [0.25, 0.3) is 5.91 Å². The quantitative estimate of drug-likeness (QED) is 0.457. The first kappa shape index (κ1) is 18.5. The van der Waals surface area contributed by atoms with Crippen molar-refractivity contribution in [3.63, 3.8) is 0 Å². The Morgan fingerprint density at radius 1 is 1.29 bits per heavy atom. The fraction of sp³-hybridized carbons (Fsp3) is 0.368. The Kier molecular flexibility index (Phi) is 4.84. The number of hydrogen-bond acceptors (Lipinski definition) is 5. The van der Waals surface area contributed by atoms with Crippen LogP contribution in [0.15, 0.2) is 29.7 Å². The van der Waals surface area contributed by atoms with E-state index >= 15 is 0 Å². The molecule has 0 spiro atoms. The van der Waals surface area contributed by atoms with Crippen LogP contribution in [0.3, 0.4) is 0 Å². The number of fused-ring (bicyclic) bond motifs is 3. The summed E-state index contributed by atoms with van der Waals surface area (Å²) >= 11 is 1.47.